The van der Waals surface area contributed by atoms with Crippen LogP contribution in [0.15, 0.2) is 149 Å². The molecular formula is C39H37N. The van der Waals surface area contributed by atoms with E-state index in [0.29, 0.717) is 11.8 Å². The van der Waals surface area contributed by atoms with Crippen LogP contribution in [0.1, 0.15) is 55.7 Å². The van der Waals surface area contributed by atoms with Crippen molar-refractivity contribution in [2.24, 2.45) is 16.8 Å². The zero-order valence-electron chi connectivity index (χ0n) is 23.3. The molecule has 4 unspecified atom stereocenters. The molecule has 7 rings (SSSR count). The van der Waals surface area contributed by atoms with Gasteiger partial charge in [-0.25, -0.2) is 0 Å². The minimum absolute atomic E-state index is 0.143. The number of benzene rings is 2. The van der Waals surface area contributed by atoms with E-state index in [1.807, 2.05) is 0 Å². The van der Waals surface area contributed by atoms with E-state index in [4.69, 9.17) is 4.99 Å². The Morgan fingerprint density at radius 2 is 1.70 bits per heavy atom. The van der Waals surface area contributed by atoms with Gasteiger partial charge in [0.05, 0.1) is 11.5 Å². The molecule has 0 N–H and O–H groups in total. The Balaban J connectivity index is 1.40. The molecule has 2 aromatic carbocycles. The van der Waals surface area contributed by atoms with E-state index in [0.717, 1.165) is 32.1 Å². The average molecular weight is 520 g/mol. The Morgan fingerprint density at radius 1 is 0.825 bits per heavy atom. The Bertz CT molecular complexity index is 1580. The summed E-state index contributed by atoms with van der Waals surface area (Å²) in [4.78, 5) is 5.47. The summed E-state index contributed by atoms with van der Waals surface area (Å²) in [6.07, 6.45) is 33.2. The lowest BCUT2D eigenvalue weighted by Gasteiger charge is -2.38. The van der Waals surface area contributed by atoms with E-state index < -0.39 is 0 Å². The second-order valence-electron chi connectivity index (χ2n) is 11.7. The minimum atomic E-state index is -0.274. The van der Waals surface area contributed by atoms with Gasteiger partial charge in [0, 0.05) is 18.1 Å². The number of hydrogen-bond acceptors (Lipinski definition) is 1. The highest BCUT2D eigenvalue weighted by molar-refractivity contribution is 5.98. The summed E-state index contributed by atoms with van der Waals surface area (Å²) in [7, 11) is 0. The molecule has 0 aliphatic heterocycles. The van der Waals surface area contributed by atoms with Crippen LogP contribution in [0, 0.1) is 11.8 Å². The quantitative estimate of drug-likeness (QED) is 0.373. The SMILES string of the molecule is CC1CC=CC=C1C(N=C1C=CC=CC1)C1C=C2C(=CC1)C(C1=CCCC=C1)(c1ccccc1)c1ccccc12. The first-order valence-corrected chi connectivity index (χ1v) is 15.0. The van der Waals surface area contributed by atoms with Gasteiger partial charge < -0.3 is 0 Å². The first-order valence-electron chi connectivity index (χ1n) is 15.0. The van der Waals surface area contributed by atoms with Crippen molar-refractivity contribution in [1.82, 2.24) is 0 Å². The van der Waals surface area contributed by atoms with Gasteiger partial charge in [0.15, 0.2) is 0 Å². The van der Waals surface area contributed by atoms with Crippen LogP contribution in [0.4, 0.5) is 0 Å². The van der Waals surface area contributed by atoms with E-state index >= 15 is 0 Å². The average Bonchev–Trinajstić information content (AvgIpc) is 3.32. The molecular weight excluding hydrogens is 482 g/mol. The van der Waals surface area contributed by atoms with Gasteiger partial charge in [0.25, 0.3) is 0 Å². The predicted molar refractivity (Wildman–Crippen MR) is 169 cm³/mol. The van der Waals surface area contributed by atoms with Crippen LogP contribution in [0.3, 0.4) is 0 Å². The third-order valence-electron chi connectivity index (χ3n) is 9.32. The number of fused-ring (bicyclic) bond motifs is 3. The smallest absolute Gasteiger partial charge is 0.0784 e. The van der Waals surface area contributed by atoms with Crippen LogP contribution < -0.4 is 0 Å². The normalized spacial score (nSPS) is 28.4. The molecule has 0 heterocycles. The zero-order chi connectivity index (χ0) is 26.9. The lowest BCUT2D eigenvalue weighted by Crippen LogP contribution is -2.31. The van der Waals surface area contributed by atoms with Crippen LogP contribution >= 0.6 is 0 Å². The lowest BCUT2D eigenvalue weighted by atomic mass is 9.64. The third-order valence-corrected chi connectivity index (χ3v) is 9.32. The Morgan fingerprint density at radius 3 is 2.50 bits per heavy atom. The maximum atomic E-state index is 5.47. The van der Waals surface area contributed by atoms with Crippen molar-refractivity contribution in [2.45, 2.75) is 50.5 Å². The molecule has 0 saturated carbocycles. The number of aliphatic imine (C=N–C) groups is 1. The molecule has 2 aromatic rings. The summed E-state index contributed by atoms with van der Waals surface area (Å²) in [5.41, 5.74) is 10.8. The molecule has 1 nitrogen and oxygen atoms in total. The standard InChI is InChI=1S/C39H37N/c1-28-15-11-12-22-33(28)38(40-32-20-9-4-10-21-32)29-25-26-37-35(27-29)34-23-13-14-24-36(34)39(37,30-16-5-2-6-17-30)31-18-7-3-8-19-31/h2,4-7,9-14,16-20,22-24,26-29,38H,3,8,15,21,25H2,1H3. The summed E-state index contributed by atoms with van der Waals surface area (Å²) in [6.45, 7) is 2.36. The molecule has 0 radical (unpaired) electrons. The van der Waals surface area contributed by atoms with Crippen LogP contribution in [-0.4, -0.2) is 11.8 Å². The van der Waals surface area contributed by atoms with Gasteiger partial charge in [-0.1, -0.05) is 128 Å². The highest BCUT2D eigenvalue weighted by Gasteiger charge is 2.50. The van der Waals surface area contributed by atoms with Gasteiger partial charge in [0.1, 0.15) is 0 Å². The molecule has 198 valence electrons. The van der Waals surface area contributed by atoms with Crippen LogP contribution in [0.2, 0.25) is 0 Å². The van der Waals surface area contributed by atoms with Gasteiger partial charge >= 0.3 is 0 Å². The van der Waals surface area contributed by atoms with Crippen molar-refractivity contribution in [2.75, 3.05) is 0 Å². The summed E-state index contributed by atoms with van der Waals surface area (Å²) < 4.78 is 0. The molecule has 0 bridgehead atoms. The van der Waals surface area contributed by atoms with Gasteiger partial charge in [-0.3, -0.25) is 4.99 Å². The zero-order valence-corrected chi connectivity index (χ0v) is 23.3. The minimum Gasteiger partial charge on any atom is -0.281 e. The Labute approximate surface area is 239 Å². The second-order valence-corrected chi connectivity index (χ2v) is 11.7. The van der Waals surface area contributed by atoms with Crippen molar-refractivity contribution in [1.29, 1.82) is 0 Å². The monoisotopic (exact) mass is 519 g/mol. The van der Waals surface area contributed by atoms with Crippen molar-refractivity contribution in [3.63, 3.8) is 0 Å². The van der Waals surface area contributed by atoms with Crippen LogP contribution in [0.25, 0.3) is 5.57 Å². The molecule has 5 aliphatic carbocycles. The molecule has 5 aliphatic rings. The van der Waals surface area contributed by atoms with Gasteiger partial charge in [-0.15, -0.1) is 0 Å². The largest absolute Gasteiger partial charge is 0.281 e. The molecule has 0 saturated heterocycles. The predicted octanol–water partition coefficient (Wildman–Crippen LogP) is 9.44. The Kier molecular flexibility index (Phi) is 6.60. The molecule has 1 heteroatoms. The van der Waals surface area contributed by atoms with Crippen LogP contribution in [-0.2, 0) is 5.41 Å². The van der Waals surface area contributed by atoms with E-state index in [1.54, 1.807) is 0 Å². The fraction of sp³-hybridized carbons (Fsp3) is 0.256. The molecule has 0 fully saturated rings. The summed E-state index contributed by atoms with van der Waals surface area (Å²) >= 11 is 0. The number of nitrogens with zero attached hydrogens (tertiary/aromatic N) is 1. The summed E-state index contributed by atoms with van der Waals surface area (Å²) in [5, 5.41) is 0. The highest BCUT2D eigenvalue weighted by atomic mass is 14.8. The highest BCUT2D eigenvalue weighted by Crippen LogP contribution is 2.59. The first-order chi connectivity index (χ1) is 19.8. The number of hydrogen-bond donors (Lipinski definition) is 0. The fourth-order valence-corrected chi connectivity index (χ4v) is 7.45. The van der Waals surface area contributed by atoms with Crippen molar-refractivity contribution in [3.8, 4) is 0 Å². The number of allylic oxidation sites excluding steroid dienone is 14. The van der Waals surface area contributed by atoms with Crippen molar-refractivity contribution < 1.29 is 0 Å². The molecule has 40 heavy (non-hydrogen) atoms. The van der Waals surface area contributed by atoms with Crippen LogP contribution in [0.5, 0.6) is 0 Å². The van der Waals surface area contributed by atoms with Gasteiger partial charge in [-0.2, -0.15) is 0 Å². The summed E-state index contributed by atoms with van der Waals surface area (Å²) in [6, 6.07) is 20.5. The van der Waals surface area contributed by atoms with E-state index in [9.17, 15) is 0 Å². The topological polar surface area (TPSA) is 12.4 Å². The Hall–Kier alpha value is -3.97. The fourth-order valence-electron chi connectivity index (χ4n) is 7.45. The first kappa shape index (κ1) is 25.0. The molecule has 0 aromatic heterocycles. The van der Waals surface area contributed by atoms with E-state index in [-0.39, 0.29) is 11.5 Å². The third kappa shape index (κ3) is 4.11. The van der Waals surface area contributed by atoms with Gasteiger partial charge in [-0.05, 0) is 76.7 Å². The second kappa shape index (κ2) is 10.5. The molecule has 4 atom stereocenters. The maximum Gasteiger partial charge on any atom is 0.0784 e. The van der Waals surface area contributed by atoms with Gasteiger partial charge in [0.2, 0.25) is 0 Å². The number of rotatable bonds is 5. The summed E-state index contributed by atoms with van der Waals surface area (Å²) in [5.74, 6) is 0.823. The van der Waals surface area contributed by atoms with E-state index in [1.165, 1.54) is 44.7 Å². The molecule has 0 amide bonds. The van der Waals surface area contributed by atoms with Crippen molar-refractivity contribution in [3.05, 3.63) is 161 Å². The molecule has 0 spiro atoms. The van der Waals surface area contributed by atoms with E-state index in [2.05, 4.69) is 134 Å². The lowest BCUT2D eigenvalue weighted by molar-refractivity contribution is 0.500. The maximum absolute atomic E-state index is 5.47. The van der Waals surface area contributed by atoms with Crippen molar-refractivity contribution >= 4 is 11.3 Å².